The van der Waals surface area contributed by atoms with Gasteiger partial charge in [0.05, 0.1) is 5.41 Å². The topological polar surface area (TPSA) is 94.1 Å². The average Bonchev–Trinajstić information content (AvgIpc) is 2.46. The van der Waals surface area contributed by atoms with Crippen LogP contribution in [-0.2, 0) is 23.8 Å². The summed E-state index contributed by atoms with van der Waals surface area (Å²) in [5, 5.41) is 11.9. The van der Waals surface area contributed by atoms with Crippen molar-refractivity contribution in [3.63, 3.8) is 0 Å². The van der Waals surface area contributed by atoms with Gasteiger partial charge in [0.25, 0.3) is 5.91 Å². The third-order valence-electron chi connectivity index (χ3n) is 3.36. The highest BCUT2D eigenvalue weighted by atomic mass is 16.6. The summed E-state index contributed by atoms with van der Waals surface area (Å²) < 4.78 is 15.3. The predicted octanol–water partition coefficient (Wildman–Crippen LogP) is -0.128. The van der Waals surface area contributed by atoms with Crippen LogP contribution in [-0.4, -0.2) is 50.0 Å². The van der Waals surface area contributed by atoms with Crippen LogP contribution < -0.4 is 5.32 Å². The number of hydrogen-bond donors (Lipinski definition) is 2. The van der Waals surface area contributed by atoms with Crippen molar-refractivity contribution in [2.75, 3.05) is 33.0 Å². The Kier molecular flexibility index (Phi) is 4.26. The number of nitrogens with one attached hydrogen (secondary N) is 1. The molecule has 2 aliphatic heterocycles. The molecule has 7 heteroatoms. The minimum absolute atomic E-state index is 0.0607. The third kappa shape index (κ3) is 3.17. The average molecular weight is 271 g/mol. The van der Waals surface area contributed by atoms with Crippen LogP contribution in [0, 0.1) is 5.41 Å². The molecular weight excluding hydrogens is 254 g/mol. The predicted molar refractivity (Wildman–Crippen MR) is 63.1 cm³/mol. The first-order valence-electron chi connectivity index (χ1n) is 6.18. The number of carboxylic acid groups (broad SMARTS) is 1. The van der Waals surface area contributed by atoms with Gasteiger partial charge in [-0.05, 0) is 12.8 Å². The van der Waals surface area contributed by atoms with E-state index in [0.29, 0.717) is 39.3 Å². The molecule has 0 aromatic rings. The number of hydrogen-bond acceptors (Lipinski definition) is 5. The van der Waals surface area contributed by atoms with Gasteiger partial charge in [-0.3, -0.25) is 9.59 Å². The smallest absolute Gasteiger partial charge is 0.311 e. The van der Waals surface area contributed by atoms with Gasteiger partial charge in [-0.2, -0.15) is 0 Å². The normalized spacial score (nSPS) is 21.6. The molecule has 0 unspecified atom stereocenters. The lowest BCUT2D eigenvalue weighted by molar-refractivity contribution is -0.154. The largest absolute Gasteiger partial charge is 0.494 e. The second kappa shape index (κ2) is 5.92. The van der Waals surface area contributed by atoms with Crippen molar-refractivity contribution in [3.05, 3.63) is 12.0 Å². The number of ether oxygens (including phenoxy) is 3. The molecule has 0 aromatic carbocycles. The molecule has 0 aromatic heterocycles. The molecule has 7 nitrogen and oxygen atoms in total. The number of carbonyl (C=O) groups is 2. The van der Waals surface area contributed by atoms with Gasteiger partial charge in [0.2, 0.25) is 5.76 Å². The lowest BCUT2D eigenvalue weighted by Crippen LogP contribution is -2.47. The fraction of sp³-hybridized carbons (Fsp3) is 0.667. The highest BCUT2D eigenvalue weighted by Crippen LogP contribution is 2.30. The summed E-state index contributed by atoms with van der Waals surface area (Å²) in [6.45, 7) is 1.57. The van der Waals surface area contributed by atoms with E-state index >= 15 is 0 Å². The maximum absolute atomic E-state index is 11.8. The number of carbonyl (C=O) groups excluding carboxylic acids is 1. The fourth-order valence-electron chi connectivity index (χ4n) is 2.05. The molecule has 0 radical (unpaired) electrons. The van der Waals surface area contributed by atoms with Crippen LogP contribution in [0.15, 0.2) is 12.0 Å². The molecule has 1 saturated heterocycles. The van der Waals surface area contributed by atoms with Gasteiger partial charge in [-0.15, -0.1) is 0 Å². The van der Waals surface area contributed by atoms with E-state index in [1.54, 1.807) is 0 Å². The summed E-state index contributed by atoms with van der Waals surface area (Å²) in [6, 6.07) is 0. The van der Waals surface area contributed by atoms with E-state index in [4.69, 9.17) is 14.2 Å². The van der Waals surface area contributed by atoms with E-state index in [1.807, 2.05) is 0 Å². The van der Waals surface area contributed by atoms with Gasteiger partial charge in [-0.1, -0.05) is 0 Å². The molecule has 0 saturated carbocycles. The molecular formula is C12H17NO6. The lowest BCUT2D eigenvalue weighted by atomic mass is 9.80. The molecule has 1 amide bonds. The summed E-state index contributed by atoms with van der Waals surface area (Å²) in [4.78, 5) is 23.2. The van der Waals surface area contributed by atoms with E-state index < -0.39 is 17.3 Å². The molecule has 2 aliphatic rings. The third-order valence-corrected chi connectivity index (χ3v) is 3.36. The van der Waals surface area contributed by atoms with E-state index in [9.17, 15) is 14.7 Å². The molecule has 1 fully saturated rings. The van der Waals surface area contributed by atoms with E-state index in [2.05, 4.69) is 5.32 Å². The standard InChI is InChI=1S/C12H17NO6/c14-10(9-7-18-5-6-19-9)13-8-12(11(15)16)1-3-17-4-2-12/h7H,1-6,8H2,(H,13,14)(H,15,16). The minimum atomic E-state index is -0.954. The number of amides is 1. The van der Waals surface area contributed by atoms with Crippen LogP contribution in [0.2, 0.25) is 0 Å². The molecule has 0 atom stereocenters. The highest BCUT2D eigenvalue weighted by Gasteiger charge is 2.40. The monoisotopic (exact) mass is 271 g/mol. The summed E-state index contributed by atoms with van der Waals surface area (Å²) in [5.41, 5.74) is -0.954. The first-order chi connectivity index (χ1) is 9.14. The molecule has 0 aliphatic carbocycles. The molecule has 106 valence electrons. The second-order valence-corrected chi connectivity index (χ2v) is 4.58. The van der Waals surface area contributed by atoms with Gasteiger partial charge in [0.1, 0.15) is 19.5 Å². The molecule has 2 heterocycles. The van der Waals surface area contributed by atoms with E-state index in [0.717, 1.165) is 0 Å². The van der Waals surface area contributed by atoms with Crippen LogP contribution in [0.5, 0.6) is 0 Å². The van der Waals surface area contributed by atoms with Crippen LogP contribution in [0.25, 0.3) is 0 Å². The summed E-state index contributed by atoms with van der Waals surface area (Å²) in [6.07, 6.45) is 2.02. The number of rotatable bonds is 4. The Bertz CT molecular complexity index is 386. The summed E-state index contributed by atoms with van der Waals surface area (Å²) >= 11 is 0. The van der Waals surface area contributed by atoms with Gasteiger partial charge < -0.3 is 24.6 Å². The van der Waals surface area contributed by atoms with Crippen molar-refractivity contribution in [1.82, 2.24) is 5.32 Å². The Labute approximate surface area is 110 Å². The zero-order valence-corrected chi connectivity index (χ0v) is 10.5. The first-order valence-corrected chi connectivity index (χ1v) is 6.18. The van der Waals surface area contributed by atoms with Crippen LogP contribution >= 0.6 is 0 Å². The summed E-state index contributed by atoms with van der Waals surface area (Å²) in [5.74, 6) is -1.28. The minimum Gasteiger partial charge on any atom is -0.494 e. The number of aliphatic carboxylic acids is 1. The zero-order valence-electron chi connectivity index (χ0n) is 10.5. The van der Waals surface area contributed by atoms with Gasteiger partial charge in [-0.25, -0.2) is 0 Å². The van der Waals surface area contributed by atoms with Gasteiger partial charge in [0, 0.05) is 19.8 Å². The van der Waals surface area contributed by atoms with Crippen LogP contribution in [0.3, 0.4) is 0 Å². The Morgan fingerprint density at radius 1 is 1.26 bits per heavy atom. The zero-order chi connectivity index (χ0) is 13.7. The molecule has 19 heavy (non-hydrogen) atoms. The van der Waals surface area contributed by atoms with Crippen molar-refractivity contribution in [1.29, 1.82) is 0 Å². The van der Waals surface area contributed by atoms with Crippen LogP contribution in [0.1, 0.15) is 12.8 Å². The lowest BCUT2D eigenvalue weighted by Gasteiger charge is -2.33. The van der Waals surface area contributed by atoms with E-state index in [-0.39, 0.29) is 12.3 Å². The molecule has 2 rings (SSSR count). The molecule has 0 bridgehead atoms. The maximum Gasteiger partial charge on any atom is 0.311 e. The number of carboxylic acids is 1. The van der Waals surface area contributed by atoms with E-state index in [1.165, 1.54) is 6.26 Å². The highest BCUT2D eigenvalue weighted by molar-refractivity contribution is 5.91. The molecule has 2 N–H and O–H groups in total. The van der Waals surface area contributed by atoms with Crippen molar-refractivity contribution < 1.29 is 28.9 Å². The van der Waals surface area contributed by atoms with Crippen molar-refractivity contribution >= 4 is 11.9 Å². The second-order valence-electron chi connectivity index (χ2n) is 4.58. The Morgan fingerprint density at radius 2 is 2.00 bits per heavy atom. The maximum atomic E-state index is 11.8. The SMILES string of the molecule is O=C(NCC1(C(=O)O)CCOCC1)C1=COCCO1. The summed E-state index contributed by atoms with van der Waals surface area (Å²) in [7, 11) is 0. The Balaban J connectivity index is 1.93. The first kappa shape index (κ1) is 13.7. The fourth-order valence-corrected chi connectivity index (χ4v) is 2.05. The Hall–Kier alpha value is -1.76. The van der Waals surface area contributed by atoms with Crippen molar-refractivity contribution in [2.45, 2.75) is 12.8 Å². The van der Waals surface area contributed by atoms with Gasteiger partial charge in [0.15, 0.2) is 0 Å². The van der Waals surface area contributed by atoms with Crippen molar-refractivity contribution in [3.8, 4) is 0 Å². The quantitative estimate of drug-likeness (QED) is 0.740. The molecule has 0 spiro atoms. The van der Waals surface area contributed by atoms with Gasteiger partial charge >= 0.3 is 5.97 Å². The van der Waals surface area contributed by atoms with Crippen molar-refractivity contribution in [2.24, 2.45) is 5.41 Å². The Morgan fingerprint density at radius 3 is 2.58 bits per heavy atom. The van der Waals surface area contributed by atoms with Crippen LogP contribution in [0.4, 0.5) is 0 Å².